The molecule has 0 spiro atoms. The van der Waals surface area contributed by atoms with Gasteiger partial charge < -0.3 is 10.2 Å². The summed E-state index contributed by atoms with van der Waals surface area (Å²) in [7, 11) is 0. The van der Waals surface area contributed by atoms with Crippen LogP contribution in [0.25, 0.3) is 4.96 Å². The molecule has 1 fully saturated rings. The standard InChI is InChI=1S/C16H18N6OS/c1-11-10-22-15(18-11)24-16(20-22)21-7-4-13(5-8-21)19-14(23)12-3-2-6-17-9-12/h2-3,6,9-10,13H,4-5,7-8H2,1H3,(H,19,23). The van der Waals surface area contributed by atoms with Crippen molar-refractivity contribution < 1.29 is 4.79 Å². The monoisotopic (exact) mass is 342 g/mol. The van der Waals surface area contributed by atoms with E-state index in [9.17, 15) is 4.79 Å². The maximum Gasteiger partial charge on any atom is 0.253 e. The maximum atomic E-state index is 12.2. The summed E-state index contributed by atoms with van der Waals surface area (Å²) in [6, 6.07) is 3.75. The van der Waals surface area contributed by atoms with E-state index in [1.807, 2.05) is 17.6 Å². The van der Waals surface area contributed by atoms with Gasteiger partial charge in [-0.15, -0.1) is 5.10 Å². The van der Waals surface area contributed by atoms with Gasteiger partial charge in [0.1, 0.15) is 0 Å². The molecule has 3 aromatic rings. The molecule has 0 bridgehead atoms. The molecule has 8 heteroatoms. The Morgan fingerprint density at radius 3 is 2.92 bits per heavy atom. The van der Waals surface area contributed by atoms with E-state index in [-0.39, 0.29) is 11.9 Å². The van der Waals surface area contributed by atoms with Crippen LogP contribution in [0.4, 0.5) is 5.13 Å². The van der Waals surface area contributed by atoms with Gasteiger partial charge in [0.25, 0.3) is 5.91 Å². The number of nitrogens with one attached hydrogen (secondary N) is 1. The summed E-state index contributed by atoms with van der Waals surface area (Å²) in [5, 5.41) is 8.68. The molecule has 3 aromatic heterocycles. The lowest BCUT2D eigenvalue weighted by molar-refractivity contribution is 0.0930. The second-order valence-electron chi connectivity index (χ2n) is 5.97. The molecule has 4 rings (SSSR count). The molecule has 4 heterocycles. The van der Waals surface area contributed by atoms with Crippen molar-refractivity contribution in [2.75, 3.05) is 18.0 Å². The Balaban J connectivity index is 1.36. The van der Waals surface area contributed by atoms with Crippen LogP contribution >= 0.6 is 11.3 Å². The Hall–Kier alpha value is -2.48. The Morgan fingerprint density at radius 2 is 2.21 bits per heavy atom. The summed E-state index contributed by atoms with van der Waals surface area (Å²) in [6.45, 7) is 3.73. The first-order valence-electron chi connectivity index (χ1n) is 7.98. The number of amides is 1. The third-order valence-electron chi connectivity index (χ3n) is 4.18. The van der Waals surface area contributed by atoms with Crippen LogP contribution in [0.2, 0.25) is 0 Å². The van der Waals surface area contributed by atoms with Gasteiger partial charge in [0, 0.05) is 31.5 Å². The first-order valence-corrected chi connectivity index (χ1v) is 8.79. The summed E-state index contributed by atoms with van der Waals surface area (Å²) >= 11 is 1.61. The first-order chi connectivity index (χ1) is 11.7. The Labute approximate surface area is 143 Å². The van der Waals surface area contributed by atoms with E-state index >= 15 is 0 Å². The van der Waals surface area contributed by atoms with Crippen molar-refractivity contribution in [3.8, 4) is 0 Å². The van der Waals surface area contributed by atoms with Gasteiger partial charge in [0.15, 0.2) is 0 Å². The van der Waals surface area contributed by atoms with Crippen molar-refractivity contribution >= 4 is 27.3 Å². The lowest BCUT2D eigenvalue weighted by atomic mass is 10.1. The summed E-state index contributed by atoms with van der Waals surface area (Å²) in [5.41, 5.74) is 1.59. The largest absolute Gasteiger partial charge is 0.349 e. The molecule has 1 aliphatic heterocycles. The van der Waals surface area contributed by atoms with E-state index < -0.39 is 0 Å². The predicted molar refractivity (Wildman–Crippen MR) is 92.5 cm³/mol. The number of carbonyl (C=O) groups is 1. The number of hydrogen-bond acceptors (Lipinski definition) is 6. The SMILES string of the molecule is Cc1cn2nc(N3CCC(NC(=O)c4cccnc4)CC3)sc2n1. The average Bonchev–Trinajstić information content (AvgIpc) is 3.13. The first kappa shape index (κ1) is 15.1. The molecule has 7 nitrogen and oxygen atoms in total. The molecule has 0 radical (unpaired) electrons. The quantitative estimate of drug-likeness (QED) is 0.787. The second-order valence-corrected chi connectivity index (χ2v) is 6.90. The topological polar surface area (TPSA) is 75.4 Å². The molecule has 1 saturated heterocycles. The van der Waals surface area contributed by atoms with Crippen LogP contribution < -0.4 is 10.2 Å². The fourth-order valence-corrected chi connectivity index (χ4v) is 3.89. The van der Waals surface area contributed by atoms with Gasteiger partial charge in [-0.2, -0.15) is 0 Å². The highest BCUT2D eigenvalue weighted by molar-refractivity contribution is 7.20. The molecule has 0 aromatic carbocycles. The van der Waals surface area contributed by atoms with Crippen LogP contribution in [0.15, 0.2) is 30.7 Å². The number of aryl methyl sites for hydroxylation is 1. The molecular weight excluding hydrogens is 324 g/mol. The molecule has 124 valence electrons. The summed E-state index contributed by atoms with van der Waals surface area (Å²) in [5.74, 6) is -0.0512. The smallest absolute Gasteiger partial charge is 0.253 e. The lowest BCUT2D eigenvalue weighted by Gasteiger charge is -2.31. The van der Waals surface area contributed by atoms with Gasteiger partial charge in [0.05, 0.1) is 17.5 Å². The van der Waals surface area contributed by atoms with Crippen LogP contribution in [0.1, 0.15) is 28.9 Å². The highest BCUT2D eigenvalue weighted by Gasteiger charge is 2.23. The summed E-state index contributed by atoms with van der Waals surface area (Å²) in [4.78, 5) is 23.8. The Morgan fingerprint density at radius 1 is 1.38 bits per heavy atom. The number of anilines is 1. The van der Waals surface area contributed by atoms with Gasteiger partial charge in [0.2, 0.25) is 10.1 Å². The van der Waals surface area contributed by atoms with Crippen molar-refractivity contribution in [3.05, 3.63) is 42.0 Å². The van der Waals surface area contributed by atoms with Crippen molar-refractivity contribution in [2.45, 2.75) is 25.8 Å². The van der Waals surface area contributed by atoms with Crippen molar-refractivity contribution in [2.24, 2.45) is 0 Å². The van der Waals surface area contributed by atoms with E-state index in [1.54, 1.807) is 35.9 Å². The number of fused-ring (bicyclic) bond motifs is 1. The number of imidazole rings is 1. The average molecular weight is 342 g/mol. The molecule has 0 saturated carbocycles. The zero-order valence-electron chi connectivity index (χ0n) is 13.3. The zero-order chi connectivity index (χ0) is 16.5. The van der Waals surface area contributed by atoms with Crippen molar-refractivity contribution in [3.63, 3.8) is 0 Å². The Bertz CT molecular complexity index is 818. The molecule has 0 atom stereocenters. The molecule has 0 unspecified atom stereocenters. The van der Waals surface area contributed by atoms with Gasteiger partial charge in [-0.25, -0.2) is 9.50 Å². The Kier molecular flexibility index (Phi) is 3.89. The highest BCUT2D eigenvalue weighted by atomic mass is 32.1. The molecule has 1 N–H and O–H groups in total. The number of piperidine rings is 1. The van der Waals surface area contributed by atoms with Crippen molar-refractivity contribution in [1.82, 2.24) is 24.9 Å². The van der Waals surface area contributed by atoms with E-state index in [4.69, 9.17) is 0 Å². The summed E-state index contributed by atoms with van der Waals surface area (Å²) < 4.78 is 1.84. The molecular formula is C16H18N6OS. The number of hydrogen-bond donors (Lipinski definition) is 1. The number of aromatic nitrogens is 4. The van der Waals surface area contributed by atoms with E-state index in [2.05, 4.69) is 25.3 Å². The maximum absolute atomic E-state index is 12.2. The van der Waals surface area contributed by atoms with Crippen LogP contribution in [0.3, 0.4) is 0 Å². The van der Waals surface area contributed by atoms with E-state index in [0.717, 1.165) is 41.7 Å². The van der Waals surface area contributed by atoms with Gasteiger partial charge in [-0.05, 0) is 31.9 Å². The minimum absolute atomic E-state index is 0.0512. The van der Waals surface area contributed by atoms with Crippen LogP contribution in [0, 0.1) is 6.92 Å². The number of carbonyl (C=O) groups excluding carboxylic acids is 1. The summed E-state index contributed by atoms with van der Waals surface area (Å²) in [6.07, 6.45) is 7.02. The third kappa shape index (κ3) is 2.96. The second kappa shape index (κ2) is 6.20. The van der Waals surface area contributed by atoms with E-state index in [0.29, 0.717) is 5.56 Å². The molecule has 24 heavy (non-hydrogen) atoms. The fraction of sp³-hybridized carbons (Fsp3) is 0.375. The minimum Gasteiger partial charge on any atom is -0.349 e. The highest BCUT2D eigenvalue weighted by Crippen LogP contribution is 2.26. The lowest BCUT2D eigenvalue weighted by Crippen LogP contribution is -2.44. The number of pyridine rings is 1. The van der Waals surface area contributed by atoms with Crippen molar-refractivity contribution in [1.29, 1.82) is 0 Å². The van der Waals surface area contributed by atoms with E-state index in [1.165, 1.54) is 0 Å². The number of rotatable bonds is 3. The number of nitrogens with zero attached hydrogens (tertiary/aromatic N) is 5. The molecule has 1 aliphatic rings. The van der Waals surface area contributed by atoms with Crippen LogP contribution in [0.5, 0.6) is 0 Å². The van der Waals surface area contributed by atoms with Crippen LogP contribution in [-0.4, -0.2) is 44.6 Å². The van der Waals surface area contributed by atoms with Gasteiger partial charge >= 0.3 is 0 Å². The molecule has 1 amide bonds. The molecule has 0 aliphatic carbocycles. The van der Waals surface area contributed by atoms with Crippen LogP contribution in [-0.2, 0) is 0 Å². The third-order valence-corrected chi connectivity index (χ3v) is 5.16. The minimum atomic E-state index is -0.0512. The zero-order valence-corrected chi connectivity index (χ0v) is 14.2. The normalized spacial score (nSPS) is 15.8. The van der Waals surface area contributed by atoms with Gasteiger partial charge in [-0.1, -0.05) is 11.3 Å². The predicted octanol–water partition coefficient (Wildman–Crippen LogP) is 1.89. The fourth-order valence-electron chi connectivity index (χ4n) is 2.91. The van der Waals surface area contributed by atoms with Gasteiger partial charge in [-0.3, -0.25) is 9.78 Å².